The summed E-state index contributed by atoms with van der Waals surface area (Å²) in [5, 5.41) is 4.07. The molecule has 0 aliphatic heterocycles. The second-order valence-corrected chi connectivity index (χ2v) is 6.53. The van der Waals surface area contributed by atoms with Gasteiger partial charge in [-0.2, -0.15) is 5.10 Å². The summed E-state index contributed by atoms with van der Waals surface area (Å²) in [5.74, 6) is 0. The molecule has 0 fully saturated rings. The molecule has 0 amide bonds. The summed E-state index contributed by atoms with van der Waals surface area (Å²) in [5.41, 5.74) is 1.36. The molecule has 2 atom stereocenters. The minimum atomic E-state index is -4.63. The van der Waals surface area contributed by atoms with Crippen LogP contribution >= 0.6 is 7.82 Å². The van der Waals surface area contributed by atoms with Gasteiger partial charge in [0, 0.05) is 0 Å². The highest BCUT2D eigenvalue weighted by molar-refractivity contribution is 7.46. The zero-order valence-electron chi connectivity index (χ0n) is 13.2. The van der Waals surface area contributed by atoms with E-state index in [2.05, 4.69) is 9.62 Å². The lowest BCUT2D eigenvalue weighted by Gasteiger charge is -2.22. The van der Waals surface area contributed by atoms with Crippen LogP contribution in [-0.4, -0.2) is 30.2 Å². The van der Waals surface area contributed by atoms with Gasteiger partial charge in [0.05, 0.1) is 17.8 Å². The van der Waals surface area contributed by atoms with Crippen molar-refractivity contribution in [2.45, 2.75) is 39.3 Å². The van der Waals surface area contributed by atoms with Crippen molar-refractivity contribution in [1.82, 2.24) is 14.3 Å². The molecule has 1 aromatic heterocycles. The number of aryl methyl sites for hydroxylation is 1. The topological polar surface area (TPSA) is 107 Å². The Labute approximate surface area is 133 Å². The maximum absolute atomic E-state index is 12.5. The Hall–Kier alpha value is -1.73. The van der Waals surface area contributed by atoms with Crippen LogP contribution in [0.15, 0.2) is 35.4 Å². The maximum Gasteiger partial charge on any atom is 0.469 e. The predicted molar refractivity (Wildman–Crippen MR) is 84.5 cm³/mol. The van der Waals surface area contributed by atoms with E-state index >= 15 is 0 Å². The van der Waals surface area contributed by atoms with E-state index in [9.17, 15) is 9.36 Å². The van der Waals surface area contributed by atoms with Gasteiger partial charge in [0.2, 0.25) is 0 Å². The van der Waals surface area contributed by atoms with Crippen LogP contribution in [0.5, 0.6) is 0 Å². The van der Waals surface area contributed by atoms with Gasteiger partial charge in [0.15, 0.2) is 0 Å². The van der Waals surface area contributed by atoms with Crippen molar-refractivity contribution in [2.75, 3.05) is 0 Å². The fourth-order valence-corrected chi connectivity index (χ4v) is 2.99. The molecule has 0 unspecified atom stereocenters. The van der Waals surface area contributed by atoms with Crippen LogP contribution in [0.1, 0.15) is 31.9 Å². The van der Waals surface area contributed by atoms with Crippen molar-refractivity contribution < 1.29 is 18.9 Å². The molecule has 1 heterocycles. The molecule has 0 aliphatic carbocycles. The van der Waals surface area contributed by atoms with Gasteiger partial charge in [-0.25, -0.2) is 18.6 Å². The van der Waals surface area contributed by atoms with E-state index in [0.717, 1.165) is 5.56 Å². The SMILES string of the molecule is CC[C@@H]([C@@H](C)OP(=O)(O)O)n1ncn(-c2ccc(C)cc2)c1=O. The second-order valence-electron chi connectivity index (χ2n) is 5.34. The Morgan fingerprint density at radius 2 is 1.91 bits per heavy atom. The third-order valence-corrected chi connectivity index (χ3v) is 4.19. The molecule has 9 heteroatoms. The minimum Gasteiger partial charge on any atom is -0.303 e. The number of hydrogen-bond donors (Lipinski definition) is 2. The van der Waals surface area contributed by atoms with Crippen molar-refractivity contribution in [1.29, 1.82) is 0 Å². The summed E-state index contributed by atoms with van der Waals surface area (Å²) in [4.78, 5) is 30.4. The van der Waals surface area contributed by atoms with Crippen molar-refractivity contribution in [3.63, 3.8) is 0 Å². The molecule has 0 saturated heterocycles. The van der Waals surface area contributed by atoms with Crippen LogP contribution in [0.25, 0.3) is 5.69 Å². The predicted octanol–water partition coefficient (Wildman–Crippen LogP) is 1.79. The average Bonchev–Trinajstić information content (AvgIpc) is 2.81. The fourth-order valence-electron chi connectivity index (χ4n) is 2.42. The van der Waals surface area contributed by atoms with Gasteiger partial charge in [0.1, 0.15) is 6.33 Å². The summed E-state index contributed by atoms with van der Waals surface area (Å²) in [6.07, 6.45) is 0.964. The first-order chi connectivity index (χ1) is 10.7. The molecular formula is C14H20N3O5P. The van der Waals surface area contributed by atoms with Crippen LogP contribution in [-0.2, 0) is 9.09 Å². The molecule has 23 heavy (non-hydrogen) atoms. The van der Waals surface area contributed by atoms with Crippen molar-refractivity contribution in [3.8, 4) is 5.69 Å². The quantitative estimate of drug-likeness (QED) is 0.776. The van der Waals surface area contributed by atoms with Gasteiger partial charge < -0.3 is 9.79 Å². The van der Waals surface area contributed by atoms with E-state index in [1.165, 1.54) is 22.5 Å². The van der Waals surface area contributed by atoms with Crippen LogP contribution < -0.4 is 5.69 Å². The van der Waals surface area contributed by atoms with Gasteiger partial charge >= 0.3 is 13.5 Å². The highest BCUT2D eigenvalue weighted by atomic mass is 31.2. The molecule has 0 bridgehead atoms. The third-order valence-electron chi connectivity index (χ3n) is 3.58. The smallest absolute Gasteiger partial charge is 0.303 e. The van der Waals surface area contributed by atoms with Crippen LogP contribution in [0.4, 0.5) is 0 Å². The Bertz CT molecular complexity index is 761. The number of benzene rings is 1. The summed E-state index contributed by atoms with van der Waals surface area (Å²) >= 11 is 0. The maximum atomic E-state index is 12.5. The van der Waals surface area contributed by atoms with Gasteiger partial charge in [-0.05, 0) is 32.4 Å². The molecule has 2 rings (SSSR count). The molecule has 0 radical (unpaired) electrons. The Kier molecular flexibility index (Phi) is 5.21. The van der Waals surface area contributed by atoms with E-state index in [-0.39, 0.29) is 5.69 Å². The lowest BCUT2D eigenvalue weighted by Crippen LogP contribution is -2.33. The Morgan fingerprint density at radius 3 is 2.43 bits per heavy atom. The molecule has 2 N–H and O–H groups in total. The Morgan fingerprint density at radius 1 is 1.30 bits per heavy atom. The number of phosphoric ester groups is 1. The van der Waals surface area contributed by atoms with Crippen molar-refractivity contribution in [3.05, 3.63) is 46.6 Å². The van der Waals surface area contributed by atoms with E-state index in [4.69, 9.17) is 9.79 Å². The molecule has 8 nitrogen and oxygen atoms in total. The molecule has 0 saturated carbocycles. The zero-order valence-corrected chi connectivity index (χ0v) is 14.1. The van der Waals surface area contributed by atoms with E-state index in [0.29, 0.717) is 12.1 Å². The largest absolute Gasteiger partial charge is 0.469 e. The van der Waals surface area contributed by atoms with Gasteiger partial charge in [-0.15, -0.1) is 0 Å². The normalized spacial score (nSPS) is 14.7. The first-order valence-corrected chi connectivity index (χ1v) is 8.73. The summed E-state index contributed by atoms with van der Waals surface area (Å²) in [6.45, 7) is 5.25. The first-order valence-electron chi connectivity index (χ1n) is 7.20. The molecule has 2 aromatic rings. The highest BCUT2D eigenvalue weighted by Crippen LogP contribution is 2.40. The molecule has 0 aliphatic rings. The number of hydrogen-bond acceptors (Lipinski definition) is 4. The summed E-state index contributed by atoms with van der Waals surface area (Å²) in [6, 6.07) is 6.80. The summed E-state index contributed by atoms with van der Waals surface area (Å²) in [7, 11) is -4.63. The van der Waals surface area contributed by atoms with Crippen molar-refractivity contribution >= 4 is 7.82 Å². The van der Waals surface area contributed by atoms with E-state index in [1.807, 2.05) is 19.1 Å². The zero-order chi connectivity index (χ0) is 17.2. The number of nitrogens with zero attached hydrogens (tertiary/aromatic N) is 3. The van der Waals surface area contributed by atoms with Crippen LogP contribution in [0.2, 0.25) is 0 Å². The number of phosphoric acid groups is 1. The Balaban J connectivity index is 2.34. The summed E-state index contributed by atoms with van der Waals surface area (Å²) < 4.78 is 18.3. The van der Waals surface area contributed by atoms with Gasteiger partial charge in [0.25, 0.3) is 0 Å². The third kappa shape index (κ3) is 4.17. The minimum absolute atomic E-state index is 0.387. The van der Waals surface area contributed by atoms with Gasteiger partial charge in [-0.1, -0.05) is 24.6 Å². The standard InChI is InChI=1S/C14H20N3O5P/c1-4-13(11(3)22-23(19,20)21)17-14(18)16(9-15-17)12-7-5-10(2)6-8-12/h5-9,11,13H,4H2,1-3H3,(H2,19,20,21)/t11-,13+/m1/s1. The van der Waals surface area contributed by atoms with Crippen LogP contribution in [0.3, 0.4) is 0 Å². The van der Waals surface area contributed by atoms with E-state index < -0.39 is 20.0 Å². The lowest BCUT2D eigenvalue weighted by atomic mass is 10.1. The van der Waals surface area contributed by atoms with Gasteiger partial charge in [-0.3, -0.25) is 4.52 Å². The number of aromatic nitrogens is 3. The lowest BCUT2D eigenvalue weighted by molar-refractivity contribution is 0.0962. The second kappa shape index (κ2) is 6.80. The van der Waals surface area contributed by atoms with Crippen LogP contribution in [0, 0.1) is 6.92 Å². The number of rotatable bonds is 6. The fraction of sp³-hybridized carbons (Fsp3) is 0.429. The monoisotopic (exact) mass is 341 g/mol. The molecular weight excluding hydrogens is 321 g/mol. The highest BCUT2D eigenvalue weighted by Gasteiger charge is 2.28. The first kappa shape index (κ1) is 17.6. The van der Waals surface area contributed by atoms with E-state index in [1.54, 1.807) is 19.1 Å². The molecule has 0 spiro atoms. The molecule has 126 valence electrons. The molecule has 1 aromatic carbocycles. The average molecular weight is 341 g/mol. The van der Waals surface area contributed by atoms with Crippen molar-refractivity contribution in [2.24, 2.45) is 0 Å².